The number of hydrogen-bond acceptors (Lipinski definition) is 4. The summed E-state index contributed by atoms with van der Waals surface area (Å²) in [7, 11) is 0. The first-order valence-electron chi connectivity index (χ1n) is 9.93. The van der Waals surface area contributed by atoms with E-state index in [1.54, 1.807) is 12.1 Å². The predicted molar refractivity (Wildman–Crippen MR) is 120 cm³/mol. The van der Waals surface area contributed by atoms with E-state index in [4.69, 9.17) is 0 Å². The summed E-state index contributed by atoms with van der Waals surface area (Å²) in [6.07, 6.45) is 1.50. The molecule has 4 rings (SSSR count). The number of aromatic nitrogens is 3. The van der Waals surface area contributed by atoms with E-state index in [1.807, 2.05) is 62.4 Å². The van der Waals surface area contributed by atoms with Gasteiger partial charge in [-0.3, -0.25) is 18.7 Å². The first-order chi connectivity index (χ1) is 14.9. The number of rotatable bonds is 5. The molecule has 0 aliphatic heterocycles. The van der Waals surface area contributed by atoms with E-state index in [0.29, 0.717) is 11.2 Å². The summed E-state index contributed by atoms with van der Waals surface area (Å²) in [5.41, 5.74) is 2.97. The lowest BCUT2D eigenvalue weighted by molar-refractivity contribution is -0.116. The molecule has 0 saturated heterocycles. The average molecular weight is 414 g/mol. The van der Waals surface area contributed by atoms with Gasteiger partial charge in [-0.05, 0) is 43.2 Å². The minimum Gasteiger partial charge on any atom is -0.324 e. The second-order valence-corrected chi connectivity index (χ2v) is 7.48. The number of fused-ring (bicyclic) bond motifs is 1. The standard InChI is InChI=1S/C24H22N4O3/c1-16-10-11-19(17(2)13-16)26-21(29)15-27-20-9-6-12-25-22(20)23(30)28(24(27)31)14-18-7-4-3-5-8-18/h3-13H,14-15H2,1-2H3,(H,26,29). The fraction of sp³-hybridized carbons (Fsp3) is 0.167. The number of carbonyl (C=O) groups excluding carboxylic acids is 1. The molecular formula is C24H22N4O3. The summed E-state index contributed by atoms with van der Waals surface area (Å²) >= 11 is 0. The van der Waals surface area contributed by atoms with Crippen molar-refractivity contribution in [2.24, 2.45) is 0 Å². The number of benzene rings is 2. The summed E-state index contributed by atoms with van der Waals surface area (Å²) < 4.78 is 2.42. The van der Waals surface area contributed by atoms with Crippen LogP contribution in [0.2, 0.25) is 0 Å². The second-order valence-electron chi connectivity index (χ2n) is 7.48. The van der Waals surface area contributed by atoms with Crippen molar-refractivity contribution in [3.8, 4) is 0 Å². The van der Waals surface area contributed by atoms with Crippen molar-refractivity contribution in [1.29, 1.82) is 0 Å². The number of pyridine rings is 1. The largest absolute Gasteiger partial charge is 0.332 e. The summed E-state index contributed by atoms with van der Waals surface area (Å²) in [4.78, 5) is 43.1. The van der Waals surface area contributed by atoms with E-state index in [-0.39, 0.29) is 24.5 Å². The minimum atomic E-state index is -0.551. The van der Waals surface area contributed by atoms with Crippen molar-refractivity contribution in [2.75, 3.05) is 5.32 Å². The van der Waals surface area contributed by atoms with Gasteiger partial charge in [0.05, 0.1) is 12.1 Å². The highest BCUT2D eigenvalue weighted by molar-refractivity contribution is 5.92. The zero-order valence-corrected chi connectivity index (χ0v) is 17.3. The second kappa shape index (κ2) is 8.39. The topological polar surface area (TPSA) is 86.0 Å². The van der Waals surface area contributed by atoms with Crippen LogP contribution in [0.5, 0.6) is 0 Å². The van der Waals surface area contributed by atoms with Crippen molar-refractivity contribution < 1.29 is 4.79 Å². The van der Waals surface area contributed by atoms with Crippen molar-refractivity contribution in [2.45, 2.75) is 26.9 Å². The quantitative estimate of drug-likeness (QED) is 0.544. The molecule has 0 aliphatic carbocycles. The van der Waals surface area contributed by atoms with Crippen LogP contribution in [0.25, 0.3) is 11.0 Å². The van der Waals surface area contributed by atoms with Gasteiger partial charge in [-0.1, -0.05) is 48.0 Å². The molecule has 1 N–H and O–H groups in total. The van der Waals surface area contributed by atoms with Gasteiger partial charge in [0.25, 0.3) is 5.56 Å². The smallest absolute Gasteiger partial charge is 0.324 e. The monoisotopic (exact) mass is 414 g/mol. The van der Waals surface area contributed by atoms with Crippen LogP contribution in [0.15, 0.2) is 76.4 Å². The highest BCUT2D eigenvalue weighted by atomic mass is 16.2. The van der Waals surface area contributed by atoms with E-state index in [9.17, 15) is 14.4 Å². The molecule has 7 nitrogen and oxygen atoms in total. The lowest BCUT2D eigenvalue weighted by Gasteiger charge is -2.14. The Bertz CT molecular complexity index is 1390. The van der Waals surface area contributed by atoms with Gasteiger partial charge >= 0.3 is 5.69 Å². The van der Waals surface area contributed by atoms with Crippen LogP contribution in [-0.2, 0) is 17.9 Å². The number of anilines is 1. The first kappa shape index (κ1) is 20.3. The Balaban J connectivity index is 1.75. The Morgan fingerprint density at radius 1 is 0.968 bits per heavy atom. The van der Waals surface area contributed by atoms with Crippen LogP contribution in [0.4, 0.5) is 5.69 Å². The first-order valence-corrected chi connectivity index (χ1v) is 9.93. The van der Waals surface area contributed by atoms with E-state index >= 15 is 0 Å². The van der Waals surface area contributed by atoms with Gasteiger partial charge in [0, 0.05) is 11.9 Å². The fourth-order valence-electron chi connectivity index (χ4n) is 3.59. The van der Waals surface area contributed by atoms with Gasteiger partial charge in [-0.25, -0.2) is 9.78 Å². The lowest BCUT2D eigenvalue weighted by atomic mass is 10.1. The molecule has 0 saturated carbocycles. The van der Waals surface area contributed by atoms with Gasteiger partial charge in [-0.2, -0.15) is 0 Å². The van der Waals surface area contributed by atoms with E-state index in [0.717, 1.165) is 21.3 Å². The number of nitrogens with one attached hydrogen (secondary N) is 1. The molecule has 4 aromatic rings. The van der Waals surface area contributed by atoms with Crippen molar-refractivity contribution in [3.05, 3.63) is 104 Å². The van der Waals surface area contributed by atoms with Crippen LogP contribution in [-0.4, -0.2) is 20.0 Å². The molecule has 2 aromatic carbocycles. The molecular weight excluding hydrogens is 392 g/mol. The molecule has 156 valence electrons. The maximum absolute atomic E-state index is 13.2. The Kier molecular flexibility index (Phi) is 5.49. The number of amides is 1. The maximum Gasteiger partial charge on any atom is 0.332 e. The molecule has 2 aromatic heterocycles. The van der Waals surface area contributed by atoms with Crippen LogP contribution in [0.1, 0.15) is 16.7 Å². The molecule has 31 heavy (non-hydrogen) atoms. The van der Waals surface area contributed by atoms with Gasteiger partial charge in [0.15, 0.2) is 5.52 Å². The van der Waals surface area contributed by atoms with Crippen LogP contribution < -0.4 is 16.6 Å². The molecule has 0 fully saturated rings. The highest BCUT2D eigenvalue weighted by Crippen LogP contribution is 2.16. The number of hydrogen-bond donors (Lipinski definition) is 1. The fourth-order valence-corrected chi connectivity index (χ4v) is 3.59. The molecule has 0 unspecified atom stereocenters. The molecule has 0 atom stereocenters. The molecule has 0 radical (unpaired) electrons. The molecule has 0 spiro atoms. The molecule has 0 aliphatic rings. The molecule has 7 heteroatoms. The number of aryl methyl sites for hydroxylation is 2. The van der Waals surface area contributed by atoms with Crippen molar-refractivity contribution >= 4 is 22.6 Å². The summed E-state index contributed by atoms with van der Waals surface area (Å²) in [6, 6.07) is 18.2. The van der Waals surface area contributed by atoms with E-state index in [1.165, 1.54) is 10.8 Å². The zero-order chi connectivity index (χ0) is 22.0. The normalized spacial score (nSPS) is 10.9. The average Bonchev–Trinajstić information content (AvgIpc) is 2.77. The van der Waals surface area contributed by atoms with Gasteiger partial charge in [0.1, 0.15) is 6.54 Å². The molecule has 0 bridgehead atoms. The Hall–Kier alpha value is -4.00. The van der Waals surface area contributed by atoms with Crippen LogP contribution >= 0.6 is 0 Å². The van der Waals surface area contributed by atoms with Crippen LogP contribution in [0, 0.1) is 13.8 Å². The molecule has 2 heterocycles. The van der Waals surface area contributed by atoms with Gasteiger partial charge < -0.3 is 5.32 Å². The Labute approximate surface area is 178 Å². The SMILES string of the molecule is Cc1ccc(NC(=O)Cn2c(=O)n(Cc3ccccc3)c(=O)c3ncccc32)c(C)c1. The molecule has 1 amide bonds. The maximum atomic E-state index is 13.2. The summed E-state index contributed by atoms with van der Waals surface area (Å²) in [5.74, 6) is -0.357. The Morgan fingerprint density at radius 2 is 1.74 bits per heavy atom. The third kappa shape index (κ3) is 4.16. The van der Waals surface area contributed by atoms with E-state index in [2.05, 4.69) is 10.3 Å². The Morgan fingerprint density at radius 3 is 2.48 bits per heavy atom. The van der Waals surface area contributed by atoms with Crippen molar-refractivity contribution in [3.63, 3.8) is 0 Å². The van der Waals surface area contributed by atoms with Gasteiger partial charge in [0.2, 0.25) is 5.91 Å². The summed E-state index contributed by atoms with van der Waals surface area (Å²) in [6.45, 7) is 3.76. The third-order valence-electron chi connectivity index (χ3n) is 5.13. The van der Waals surface area contributed by atoms with Crippen molar-refractivity contribution in [1.82, 2.24) is 14.1 Å². The zero-order valence-electron chi connectivity index (χ0n) is 17.3. The third-order valence-corrected chi connectivity index (χ3v) is 5.13. The predicted octanol–water partition coefficient (Wildman–Crippen LogP) is 2.86. The van der Waals surface area contributed by atoms with Gasteiger partial charge in [-0.15, -0.1) is 0 Å². The number of carbonyl (C=O) groups is 1. The minimum absolute atomic E-state index is 0.101. The van der Waals surface area contributed by atoms with E-state index < -0.39 is 11.2 Å². The summed E-state index contributed by atoms with van der Waals surface area (Å²) in [5, 5.41) is 2.86. The highest BCUT2D eigenvalue weighted by Gasteiger charge is 2.17. The lowest BCUT2D eigenvalue weighted by Crippen LogP contribution is -2.42. The van der Waals surface area contributed by atoms with Crippen LogP contribution in [0.3, 0.4) is 0 Å². The number of nitrogens with zero attached hydrogens (tertiary/aromatic N) is 3.